The summed E-state index contributed by atoms with van der Waals surface area (Å²) in [5, 5.41) is 0. The lowest BCUT2D eigenvalue weighted by atomic mass is 9.99. The molecule has 0 amide bonds. The number of hydrogen-bond acceptors (Lipinski definition) is 10. The van der Waals surface area contributed by atoms with E-state index in [1.165, 1.54) is 18.0 Å². The zero-order chi connectivity index (χ0) is 32.4. The molecule has 4 rings (SSSR count). The highest BCUT2D eigenvalue weighted by atomic mass is 32.2. The second-order valence-electron chi connectivity index (χ2n) is 10.9. The van der Waals surface area contributed by atoms with E-state index in [0.717, 1.165) is 0 Å². The summed E-state index contributed by atoms with van der Waals surface area (Å²) < 4.78 is 40.8. The van der Waals surface area contributed by atoms with E-state index < -0.39 is 63.9 Å². The first kappa shape index (κ1) is 34.0. The molecule has 3 aromatic rings. The van der Waals surface area contributed by atoms with Crippen LogP contribution < -0.4 is 0 Å². The van der Waals surface area contributed by atoms with Gasteiger partial charge in [0.25, 0.3) is 0 Å². The van der Waals surface area contributed by atoms with E-state index in [2.05, 4.69) is 11.0 Å². The minimum atomic E-state index is -1.68. The molecule has 0 aliphatic carbocycles. The van der Waals surface area contributed by atoms with Crippen LogP contribution >= 0.6 is 11.8 Å². The van der Waals surface area contributed by atoms with Gasteiger partial charge in [-0.1, -0.05) is 65.1 Å². The fourth-order valence-electron chi connectivity index (χ4n) is 4.22. The lowest BCUT2D eigenvalue weighted by Crippen LogP contribution is -2.61. The van der Waals surface area contributed by atoms with Crippen molar-refractivity contribution in [2.75, 3.05) is 5.75 Å². The minimum absolute atomic E-state index is 0.236. The topological polar surface area (TPSA) is 124 Å². The molecule has 1 aliphatic rings. The molecule has 1 heterocycles. The van der Waals surface area contributed by atoms with Gasteiger partial charge < -0.3 is 23.5 Å². The molecule has 0 aromatic heterocycles. The maximum atomic E-state index is 13.5. The summed E-state index contributed by atoms with van der Waals surface area (Å²) in [6.07, 6.45) is -2.12. The molecule has 3 aromatic carbocycles. The van der Waals surface area contributed by atoms with Crippen molar-refractivity contribution in [2.24, 2.45) is 4.40 Å². The standard InChI is InChI=1S/C34H35NO8S2/c1-5-21-44-33-29(43-32(38)25-19-13-8-14-20-25)28(42-31(37)24-17-11-7-12-18-24)27(41-30(36)23-15-9-6-10-16-23)26(40-33)22-35-45(39)34(2,3)4/h5-20,22,26-29,33H,1,21H2,2-4H3/t26-,27+,28+,29-,33-,45?/m1/s1. The molecule has 0 radical (unpaired) electrons. The molecule has 11 heteroatoms. The van der Waals surface area contributed by atoms with Crippen molar-refractivity contribution in [2.45, 2.75) is 55.4 Å². The van der Waals surface area contributed by atoms with Crippen LogP contribution in [-0.4, -0.2) is 69.0 Å². The maximum absolute atomic E-state index is 13.5. The maximum Gasteiger partial charge on any atom is 0.338 e. The van der Waals surface area contributed by atoms with Crippen LogP contribution in [0.25, 0.3) is 0 Å². The summed E-state index contributed by atoms with van der Waals surface area (Å²) in [7, 11) is 0. The molecule has 0 N–H and O–H groups in total. The third-order valence-corrected chi connectivity index (χ3v) is 8.99. The Balaban J connectivity index is 1.80. The van der Waals surface area contributed by atoms with E-state index in [1.54, 1.807) is 118 Å². The van der Waals surface area contributed by atoms with Gasteiger partial charge in [-0.05, 0) is 57.2 Å². The zero-order valence-electron chi connectivity index (χ0n) is 25.1. The number of thioether (sulfide) groups is 1. The Kier molecular flexibility index (Phi) is 12.0. The lowest BCUT2D eigenvalue weighted by molar-refractivity contribution is -0.181. The number of carbonyl (C=O) groups excluding carboxylic acids is 3. The van der Waals surface area contributed by atoms with Crippen LogP contribution in [0, 0.1) is 0 Å². The smallest absolute Gasteiger partial charge is 0.338 e. The summed E-state index contributed by atoms with van der Waals surface area (Å²) in [5.74, 6) is -1.77. The predicted octanol–water partition coefficient (Wildman–Crippen LogP) is 5.84. The molecule has 1 aliphatic heterocycles. The van der Waals surface area contributed by atoms with Crippen molar-refractivity contribution in [3.8, 4) is 0 Å². The van der Waals surface area contributed by atoms with Crippen LogP contribution in [0.4, 0.5) is 0 Å². The average Bonchev–Trinajstić information content (AvgIpc) is 3.05. The van der Waals surface area contributed by atoms with Gasteiger partial charge >= 0.3 is 17.9 Å². The Bertz CT molecular complexity index is 1460. The van der Waals surface area contributed by atoms with Crippen molar-refractivity contribution < 1.29 is 37.9 Å². The van der Waals surface area contributed by atoms with Gasteiger partial charge in [-0.2, -0.15) is 0 Å². The molecule has 236 valence electrons. The van der Waals surface area contributed by atoms with Gasteiger partial charge in [-0.25, -0.2) is 14.4 Å². The van der Waals surface area contributed by atoms with Gasteiger partial charge in [0.1, 0.15) is 27.6 Å². The highest BCUT2D eigenvalue weighted by Gasteiger charge is 2.52. The van der Waals surface area contributed by atoms with Crippen LogP contribution in [0.2, 0.25) is 0 Å². The number of carbonyl (C=O) groups is 3. The summed E-state index contributed by atoms with van der Waals surface area (Å²) in [4.78, 5) is 40.3. The fourth-order valence-corrected chi connectivity index (χ4v) is 5.70. The molecule has 1 fully saturated rings. The molecule has 1 saturated heterocycles. The second kappa shape index (κ2) is 15.9. The van der Waals surface area contributed by atoms with E-state index in [-0.39, 0.29) is 16.7 Å². The number of nitrogens with zero attached hydrogens (tertiary/aromatic N) is 1. The van der Waals surface area contributed by atoms with Crippen LogP contribution in [0.3, 0.4) is 0 Å². The normalized spacial score (nSPS) is 22.3. The van der Waals surface area contributed by atoms with Crippen LogP contribution in [0.15, 0.2) is 108 Å². The van der Waals surface area contributed by atoms with Gasteiger partial charge in [0.2, 0.25) is 0 Å². The molecule has 9 nitrogen and oxygen atoms in total. The van der Waals surface area contributed by atoms with E-state index in [4.69, 9.17) is 18.9 Å². The van der Waals surface area contributed by atoms with E-state index in [1.807, 2.05) is 0 Å². The van der Waals surface area contributed by atoms with E-state index in [9.17, 15) is 18.9 Å². The van der Waals surface area contributed by atoms with E-state index >= 15 is 0 Å². The summed E-state index contributed by atoms with van der Waals surface area (Å²) in [6.45, 7) is 9.07. The summed E-state index contributed by atoms with van der Waals surface area (Å²) >= 11 is -0.437. The van der Waals surface area contributed by atoms with Gasteiger partial charge in [-0.3, -0.25) is 0 Å². The predicted molar refractivity (Wildman–Crippen MR) is 175 cm³/mol. The SMILES string of the molecule is C=CCS[C@H]1O[C@H](C=N[S+]([O-])C(C)(C)C)[C@H](OC(=O)c2ccccc2)[C@H](OC(=O)c2ccccc2)[C@H]1OC(=O)c1ccccc1. The molecule has 45 heavy (non-hydrogen) atoms. The largest absolute Gasteiger partial charge is 0.591 e. The number of hydrogen-bond donors (Lipinski definition) is 0. The van der Waals surface area contributed by atoms with Crippen LogP contribution in [-0.2, 0) is 30.3 Å². The Morgan fingerprint density at radius 2 is 1.22 bits per heavy atom. The van der Waals surface area contributed by atoms with Crippen molar-refractivity contribution in [1.82, 2.24) is 0 Å². The number of benzene rings is 3. The summed E-state index contributed by atoms with van der Waals surface area (Å²) in [5.41, 5.74) is -0.184. The Labute approximate surface area is 270 Å². The van der Waals surface area contributed by atoms with E-state index in [0.29, 0.717) is 5.75 Å². The van der Waals surface area contributed by atoms with Crippen molar-refractivity contribution in [3.05, 3.63) is 120 Å². The number of ether oxygens (including phenoxy) is 4. The Morgan fingerprint density at radius 3 is 1.64 bits per heavy atom. The first-order valence-electron chi connectivity index (χ1n) is 14.2. The van der Waals surface area contributed by atoms with Crippen molar-refractivity contribution >= 4 is 47.2 Å². The highest BCUT2D eigenvalue weighted by Crippen LogP contribution is 2.35. The molecule has 0 spiro atoms. The Morgan fingerprint density at radius 1 is 0.800 bits per heavy atom. The van der Waals surface area contributed by atoms with Crippen molar-refractivity contribution in [1.29, 1.82) is 0 Å². The van der Waals surface area contributed by atoms with Crippen LogP contribution in [0.5, 0.6) is 0 Å². The Hall–Kier alpha value is -3.90. The third-order valence-electron chi connectivity index (χ3n) is 6.49. The second-order valence-corrected chi connectivity index (χ2v) is 14.0. The average molecular weight is 650 g/mol. The highest BCUT2D eigenvalue weighted by molar-refractivity contribution is 7.99. The molecule has 0 bridgehead atoms. The number of esters is 3. The fraction of sp³-hybridized carbons (Fsp3) is 0.294. The molecule has 6 atom stereocenters. The molecule has 0 saturated carbocycles. The van der Waals surface area contributed by atoms with Gasteiger partial charge in [-0.15, -0.1) is 18.3 Å². The van der Waals surface area contributed by atoms with Gasteiger partial charge in [0.05, 0.1) is 22.9 Å². The van der Waals surface area contributed by atoms with Crippen LogP contribution in [0.1, 0.15) is 51.8 Å². The van der Waals surface area contributed by atoms with Crippen molar-refractivity contribution in [3.63, 3.8) is 0 Å². The molecular weight excluding hydrogens is 615 g/mol. The zero-order valence-corrected chi connectivity index (χ0v) is 26.8. The number of rotatable bonds is 11. The first-order valence-corrected chi connectivity index (χ1v) is 16.4. The minimum Gasteiger partial charge on any atom is -0.591 e. The monoisotopic (exact) mass is 649 g/mol. The lowest BCUT2D eigenvalue weighted by Gasteiger charge is -2.43. The third kappa shape index (κ3) is 9.30. The first-order chi connectivity index (χ1) is 21.6. The van der Waals surface area contributed by atoms with Gasteiger partial charge in [0, 0.05) is 5.75 Å². The van der Waals surface area contributed by atoms with Gasteiger partial charge in [0.15, 0.2) is 18.3 Å². The summed E-state index contributed by atoms with van der Waals surface area (Å²) in [6, 6.07) is 24.9. The molecule has 1 unspecified atom stereocenters. The quantitative estimate of drug-likeness (QED) is 0.0829. The molecular formula is C34H35NO8S2.